The molecule has 5 aromatic heterocycles. The van der Waals surface area contributed by atoms with Gasteiger partial charge in [-0.05, 0) is 66.2 Å². The number of ether oxygens (including phenoxy) is 2. The average molecular weight is 799 g/mol. The van der Waals surface area contributed by atoms with E-state index in [0.29, 0.717) is 0 Å². The number of hydrogen-bond donors (Lipinski definition) is 6. The number of anilines is 5. The molecule has 0 aliphatic heterocycles. The third-order valence-corrected chi connectivity index (χ3v) is 7.48. The van der Waals surface area contributed by atoms with Crippen molar-refractivity contribution >= 4 is 64.8 Å². The van der Waals surface area contributed by atoms with Crippen molar-refractivity contribution in [3.05, 3.63) is 155 Å². The van der Waals surface area contributed by atoms with Crippen molar-refractivity contribution in [3.63, 3.8) is 0 Å². The molecule has 0 spiro atoms. The number of methoxy groups -OCH3 is 1. The minimum atomic E-state index is -0.755. The summed E-state index contributed by atoms with van der Waals surface area (Å²) in [7, 11) is 2.21. The van der Waals surface area contributed by atoms with Gasteiger partial charge in [-0.2, -0.15) is 0 Å². The summed E-state index contributed by atoms with van der Waals surface area (Å²) in [4.78, 5) is 96.8. The average Bonchev–Trinajstić information content (AvgIpc) is 3.27. The van der Waals surface area contributed by atoms with Crippen LogP contribution in [-0.4, -0.2) is 79.9 Å². The lowest BCUT2D eigenvalue weighted by atomic mass is 10.2. The van der Waals surface area contributed by atoms with Crippen LogP contribution in [0.2, 0.25) is 0 Å². The summed E-state index contributed by atoms with van der Waals surface area (Å²) >= 11 is 0. The zero-order valence-corrected chi connectivity index (χ0v) is 31.2. The number of benzene rings is 1. The van der Waals surface area contributed by atoms with Gasteiger partial charge in [-0.1, -0.05) is 60.7 Å². The number of aromatic nitrogens is 5. The zero-order valence-electron chi connectivity index (χ0n) is 31.2. The normalized spacial score (nSPS) is 10.1. The van der Waals surface area contributed by atoms with E-state index in [4.69, 9.17) is 9.84 Å². The van der Waals surface area contributed by atoms with Crippen LogP contribution in [0.1, 0.15) is 58.0 Å². The van der Waals surface area contributed by atoms with Gasteiger partial charge in [0.05, 0.1) is 7.11 Å². The summed E-state index contributed by atoms with van der Waals surface area (Å²) in [6.07, 6.45) is -0.755. The van der Waals surface area contributed by atoms with Crippen molar-refractivity contribution in [2.75, 3.05) is 40.8 Å². The lowest BCUT2D eigenvalue weighted by Gasteiger charge is -2.10. The van der Waals surface area contributed by atoms with Gasteiger partial charge in [0.15, 0.2) is 5.69 Å². The van der Waals surface area contributed by atoms with E-state index in [9.17, 15) is 28.8 Å². The highest BCUT2D eigenvalue weighted by atomic mass is 16.5. The minimum Gasteiger partial charge on any atom is -0.464 e. The molecule has 19 heteroatoms. The SMILES string of the molecule is CO.COC(=O)c1cccc(NC(=O)c2cccc(NC(=O)c3cccc(NC(=O)c4cccc(NC(=O)c5cccc(NC(=O)OCc6ccccc6)n5)n4)n3)n2)n1. The van der Waals surface area contributed by atoms with E-state index in [0.717, 1.165) is 12.7 Å². The Morgan fingerprint density at radius 1 is 0.441 bits per heavy atom. The highest BCUT2D eigenvalue weighted by molar-refractivity contribution is 6.07. The topological polar surface area (TPSA) is 266 Å². The number of aliphatic hydroxyl groups is 1. The van der Waals surface area contributed by atoms with E-state index in [1.807, 2.05) is 30.3 Å². The van der Waals surface area contributed by atoms with E-state index in [-0.39, 0.29) is 64.2 Å². The Morgan fingerprint density at radius 2 is 0.763 bits per heavy atom. The van der Waals surface area contributed by atoms with Gasteiger partial charge in [0.2, 0.25) is 0 Å². The van der Waals surface area contributed by atoms with Gasteiger partial charge in [-0.25, -0.2) is 34.5 Å². The van der Waals surface area contributed by atoms with Gasteiger partial charge in [0.25, 0.3) is 23.6 Å². The largest absolute Gasteiger partial charge is 0.464 e. The van der Waals surface area contributed by atoms with Gasteiger partial charge in [-0.15, -0.1) is 0 Å². The van der Waals surface area contributed by atoms with Gasteiger partial charge < -0.3 is 35.8 Å². The summed E-state index contributed by atoms with van der Waals surface area (Å²) in [6, 6.07) is 31.1. The maximum atomic E-state index is 13.1. The molecule has 0 saturated heterocycles. The Bertz CT molecular complexity index is 2490. The molecule has 298 valence electrons. The molecule has 0 saturated carbocycles. The van der Waals surface area contributed by atoms with Gasteiger partial charge in [0, 0.05) is 7.11 Å². The summed E-state index contributed by atoms with van der Waals surface area (Å²) in [5, 5.41) is 19.7. The molecule has 6 rings (SSSR count). The molecule has 6 N–H and O–H groups in total. The van der Waals surface area contributed by atoms with Crippen molar-refractivity contribution < 1.29 is 43.3 Å². The van der Waals surface area contributed by atoms with Crippen molar-refractivity contribution in [1.29, 1.82) is 0 Å². The van der Waals surface area contributed by atoms with E-state index in [2.05, 4.69) is 56.2 Å². The number of amides is 5. The van der Waals surface area contributed by atoms with E-state index in [1.54, 1.807) is 0 Å². The molecule has 0 atom stereocenters. The van der Waals surface area contributed by atoms with Crippen molar-refractivity contribution in [3.8, 4) is 0 Å². The third kappa shape index (κ3) is 12.0. The molecular weight excluding hydrogens is 765 g/mol. The van der Waals surface area contributed by atoms with Crippen LogP contribution in [0, 0.1) is 0 Å². The minimum absolute atomic E-state index is 0.00374. The molecule has 19 nitrogen and oxygen atoms in total. The number of pyridine rings is 5. The second kappa shape index (κ2) is 20.5. The van der Waals surface area contributed by atoms with Crippen LogP contribution in [0.25, 0.3) is 0 Å². The first kappa shape index (κ1) is 41.7. The summed E-state index contributed by atoms with van der Waals surface area (Å²) < 4.78 is 9.84. The van der Waals surface area contributed by atoms with Crippen LogP contribution < -0.4 is 26.6 Å². The third-order valence-electron chi connectivity index (χ3n) is 7.48. The van der Waals surface area contributed by atoms with Crippen LogP contribution in [0.3, 0.4) is 0 Å². The van der Waals surface area contributed by atoms with Crippen LogP contribution >= 0.6 is 0 Å². The van der Waals surface area contributed by atoms with E-state index < -0.39 is 35.7 Å². The molecule has 0 radical (unpaired) electrons. The molecule has 0 aliphatic carbocycles. The number of rotatable bonds is 12. The van der Waals surface area contributed by atoms with Gasteiger partial charge in [-0.3, -0.25) is 24.5 Å². The van der Waals surface area contributed by atoms with E-state index in [1.165, 1.54) is 98.1 Å². The number of esters is 1. The van der Waals surface area contributed by atoms with E-state index >= 15 is 0 Å². The van der Waals surface area contributed by atoms with Crippen LogP contribution in [-0.2, 0) is 16.1 Å². The smallest absolute Gasteiger partial charge is 0.413 e. The standard InChI is InChI=1S/C39H30N10O8.CH4O/c1-56-38(54)28-16-9-20-32(44-28)48-36(52)26-14-7-18-30(42-26)46-34(50)24-12-5-17-29(40-24)45-35(51)25-13-6-19-31(41-25)47-37(53)27-15-8-21-33(43-27)49-39(55)57-22-23-10-3-2-4-11-23;1-2/h2-21H,22H2,1H3,(H,40,45,51)(H,41,47,53)(H,42,46,50)(H,43,49,55)(H,44,48,52);2H,1H3. The highest BCUT2D eigenvalue weighted by Crippen LogP contribution is 2.15. The fourth-order valence-corrected chi connectivity index (χ4v) is 4.83. The molecule has 0 aliphatic rings. The Labute approximate surface area is 335 Å². The summed E-state index contributed by atoms with van der Waals surface area (Å²) in [5.74, 6) is -3.13. The first-order valence-corrected chi connectivity index (χ1v) is 17.2. The fourth-order valence-electron chi connectivity index (χ4n) is 4.83. The van der Waals surface area contributed by atoms with Crippen molar-refractivity contribution in [1.82, 2.24) is 24.9 Å². The summed E-state index contributed by atoms with van der Waals surface area (Å²) in [6.45, 7) is 0.0493. The Kier molecular flexibility index (Phi) is 14.5. The van der Waals surface area contributed by atoms with Crippen molar-refractivity contribution in [2.24, 2.45) is 0 Å². The van der Waals surface area contributed by atoms with Gasteiger partial charge >= 0.3 is 12.1 Å². The second-order valence-corrected chi connectivity index (χ2v) is 11.5. The lowest BCUT2D eigenvalue weighted by molar-refractivity contribution is 0.0593. The van der Waals surface area contributed by atoms with Crippen LogP contribution in [0.15, 0.2) is 121 Å². The predicted molar refractivity (Wildman–Crippen MR) is 213 cm³/mol. The van der Waals surface area contributed by atoms with Gasteiger partial charge in [0.1, 0.15) is 58.5 Å². The molecule has 5 heterocycles. The second-order valence-electron chi connectivity index (χ2n) is 11.5. The Balaban J connectivity index is 0.00000326. The fraction of sp³-hybridized carbons (Fsp3) is 0.0750. The number of hydrogen-bond acceptors (Lipinski definition) is 14. The number of carbonyl (C=O) groups is 6. The number of nitrogens with one attached hydrogen (secondary N) is 5. The molecule has 1 aromatic carbocycles. The first-order valence-electron chi connectivity index (χ1n) is 17.2. The molecule has 0 bridgehead atoms. The Morgan fingerprint density at radius 3 is 1.12 bits per heavy atom. The molecule has 5 amide bonds. The zero-order chi connectivity index (χ0) is 42.1. The number of aliphatic hydroxyl groups excluding tert-OH is 1. The molecule has 0 unspecified atom stereocenters. The maximum absolute atomic E-state index is 13.1. The molecular formula is C40H34N10O9. The Hall–Kier alpha value is -8.45. The maximum Gasteiger partial charge on any atom is 0.413 e. The molecule has 59 heavy (non-hydrogen) atoms. The lowest BCUT2D eigenvalue weighted by Crippen LogP contribution is -2.20. The number of carbonyl (C=O) groups excluding carboxylic acids is 6. The number of nitrogens with zero attached hydrogens (tertiary/aromatic N) is 5. The highest BCUT2D eigenvalue weighted by Gasteiger charge is 2.17. The monoisotopic (exact) mass is 798 g/mol. The quantitative estimate of drug-likeness (QED) is 0.0908. The van der Waals surface area contributed by atoms with Crippen LogP contribution in [0.5, 0.6) is 0 Å². The molecule has 0 fully saturated rings. The van der Waals surface area contributed by atoms with Crippen molar-refractivity contribution in [2.45, 2.75) is 6.61 Å². The summed E-state index contributed by atoms with van der Waals surface area (Å²) in [5.41, 5.74) is 0.523. The first-order chi connectivity index (χ1) is 28.6. The van der Waals surface area contributed by atoms with Crippen LogP contribution in [0.4, 0.5) is 33.9 Å². The molecule has 6 aromatic rings. The predicted octanol–water partition coefficient (Wildman–Crippen LogP) is 4.81.